The number of hydrogen-bond acceptors (Lipinski definition) is 2. The third kappa shape index (κ3) is 1.61. The van der Waals surface area contributed by atoms with Gasteiger partial charge < -0.3 is 5.11 Å². The molecule has 0 spiro atoms. The maximum absolute atomic E-state index is 10.7. The lowest BCUT2D eigenvalue weighted by atomic mass is 9.98. The van der Waals surface area contributed by atoms with Gasteiger partial charge in [-0.05, 0) is 12.3 Å². The summed E-state index contributed by atoms with van der Waals surface area (Å²) in [6, 6.07) is 0.386. The molecular formula is C10H15NO2. The molecule has 2 unspecified atom stereocenters. The SMILES string of the molecule is CC1CN(C2C=CC(C(=O)O)C2)C1. The maximum atomic E-state index is 10.7. The van der Waals surface area contributed by atoms with E-state index in [4.69, 9.17) is 5.11 Å². The zero-order valence-corrected chi connectivity index (χ0v) is 7.81. The Hall–Kier alpha value is -0.830. The van der Waals surface area contributed by atoms with Gasteiger partial charge in [0.05, 0.1) is 5.92 Å². The molecule has 1 N–H and O–H groups in total. The minimum atomic E-state index is -0.688. The highest BCUT2D eigenvalue weighted by Crippen LogP contribution is 2.27. The fourth-order valence-electron chi connectivity index (χ4n) is 2.15. The second kappa shape index (κ2) is 3.14. The molecule has 0 bridgehead atoms. The van der Waals surface area contributed by atoms with Crippen LogP contribution in [0.1, 0.15) is 13.3 Å². The first-order valence-corrected chi connectivity index (χ1v) is 4.82. The first kappa shape index (κ1) is 8.75. The topological polar surface area (TPSA) is 40.5 Å². The number of carboxylic acids is 1. The van der Waals surface area contributed by atoms with E-state index in [0.29, 0.717) is 6.04 Å². The number of rotatable bonds is 2. The van der Waals surface area contributed by atoms with Gasteiger partial charge in [-0.1, -0.05) is 19.1 Å². The van der Waals surface area contributed by atoms with Crippen LogP contribution in [0, 0.1) is 11.8 Å². The molecule has 3 nitrogen and oxygen atoms in total. The van der Waals surface area contributed by atoms with Gasteiger partial charge in [0.1, 0.15) is 0 Å². The Kier molecular flexibility index (Phi) is 2.12. The average molecular weight is 181 g/mol. The molecule has 0 aromatic heterocycles. The molecule has 1 aliphatic heterocycles. The minimum Gasteiger partial charge on any atom is -0.481 e. The van der Waals surface area contributed by atoms with Gasteiger partial charge in [-0.25, -0.2) is 0 Å². The van der Waals surface area contributed by atoms with Crippen molar-refractivity contribution in [1.29, 1.82) is 0 Å². The summed E-state index contributed by atoms with van der Waals surface area (Å²) >= 11 is 0. The van der Waals surface area contributed by atoms with Gasteiger partial charge >= 0.3 is 5.97 Å². The summed E-state index contributed by atoms with van der Waals surface area (Å²) in [5.74, 6) is -0.148. The van der Waals surface area contributed by atoms with Gasteiger partial charge in [0.2, 0.25) is 0 Å². The van der Waals surface area contributed by atoms with Crippen LogP contribution in [0.3, 0.4) is 0 Å². The van der Waals surface area contributed by atoms with E-state index in [9.17, 15) is 4.79 Å². The maximum Gasteiger partial charge on any atom is 0.310 e. The van der Waals surface area contributed by atoms with Crippen molar-refractivity contribution in [3.63, 3.8) is 0 Å². The first-order chi connectivity index (χ1) is 6.16. The smallest absolute Gasteiger partial charge is 0.310 e. The number of nitrogens with zero attached hydrogens (tertiary/aromatic N) is 1. The highest BCUT2D eigenvalue weighted by Gasteiger charge is 2.33. The van der Waals surface area contributed by atoms with Crippen molar-refractivity contribution in [1.82, 2.24) is 4.90 Å². The van der Waals surface area contributed by atoms with Gasteiger partial charge in [-0.2, -0.15) is 0 Å². The quantitative estimate of drug-likeness (QED) is 0.645. The van der Waals surface area contributed by atoms with E-state index < -0.39 is 5.97 Å². The van der Waals surface area contributed by atoms with E-state index in [-0.39, 0.29) is 5.92 Å². The van der Waals surface area contributed by atoms with E-state index >= 15 is 0 Å². The summed E-state index contributed by atoms with van der Waals surface area (Å²) in [6.45, 7) is 4.48. The van der Waals surface area contributed by atoms with Crippen molar-refractivity contribution < 1.29 is 9.90 Å². The molecule has 1 aliphatic carbocycles. The van der Waals surface area contributed by atoms with Crippen LogP contribution < -0.4 is 0 Å². The van der Waals surface area contributed by atoms with E-state index in [2.05, 4.69) is 11.8 Å². The van der Waals surface area contributed by atoms with E-state index in [0.717, 1.165) is 25.4 Å². The molecule has 0 amide bonds. The molecule has 2 rings (SSSR count). The molecule has 0 saturated carbocycles. The van der Waals surface area contributed by atoms with Crippen molar-refractivity contribution in [2.24, 2.45) is 11.8 Å². The molecule has 2 atom stereocenters. The highest BCUT2D eigenvalue weighted by molar-refractivity contribution is 5.73. The standard InChI is InChI=1S/C10H15NO2/c1-7-5-11(6-7)9-3-2-8(4-9)10(12)13/h2-3,7-9H,4-6H2,1H3,(H,12,13). The van der Waals surface area contributed by atoms with E-state index in [1.807, 2.05) is 12.2 Å². The van der Waals surface area contributed by atoms with Gasteiger partial charge in [0.15, 0.2) is 0 Å². The van der Waals surface area contributed by atoms with Crippen LogP contribution >= 0.6 is 0 Å². The fraction of sp³-hybridized carbons (Fsp3) is 0.700. The molecular weight excluding hydrogens is 166 g/mol. The fourth-order valence-corrected chi connectivity index (χ4v) is 2.15. The lowest BCUT2D eigenvalue weighted by Crippen LogP contribution is -2.50. The zero-order valence-electron chi connectivity index (χ0n) is 7.81. The van der Waals surface area contributed by atoms with E-state index in [1.54, 1.807) is 0 Å². The molecule has 1 saturated heterocycles. The minimum absolute atomic E-state index is 0.249. The van der Waals surface area contributed by atoms with Crippen LogP contribution in [0.4, 0.5) is 0 Å². The average Bonchev–Trinajstić information content (AvgIpc) is 2.46. The Morgan fingerprint density at radius 2 is 2.15 bits per heavy atom. The Bertz CT molecular complexity index is 243. The van der Waals surface area contributed by atoms with Crippen LogP contribution in [-0.4, -0.2) is 35.1 Å². The molecule has 1 fully saturated rings. The highest BCUT2D eigenvalue weighted by atomic mass is 16.4. The molecule has 0 radical (unpaired) electrons. The van der Waals surface area contributed by atoms with Gasteiger partial charge in [0.25, 0.3) is 0 Å². The third-order valence-corrected chi connectivity index (χ3v) is 2.94. The predicted octanol–water partition coefficient (Wildman–Crippen LogP) is 0.967. The summed E-state index contributed by atoms with van der Waals surface area (Å²) < 4.78 is 0. The number of carbonyl (C=O) groups is 1. The Morgan fingerprint density at radius 1 is 1.46 bits per heavy atom. The van der Waals surface area contributed by atoms with Crippen molar-refractivity contribution in [3.05, 3.63) is 12.2 Å². The summed E-state index contributed by atoms with van der Waals surface area (Å²) in [7, 11) is 0. The largest absolute Gasteiger partial charge is 0.481 e. The second-order valence-electron chi connectivity index (χ2n) is 4.19. The second-order valence-corrected chi connectivity index (χ2v) is 4.19. The third-order valence-electron chi connectivity index (χ3n) is 2.94. The summed E-state index contributed by atoms with van der Waals surface area (Å²) in [5, 5.41) is 8.79. The molecule has 13 heavy (non-hydrogen) atoms. The van der Waals surface area contributed by atoms with Gasteiger partial charge in [0, 0.05) is 19.1 Å². The normalized spacial score (nSPS) is 34.8. The van der Waals surface area contributed by atoms with Crippen molar-refractivity contribution in [2.75, 3.05) is 13.1 Å². The van der Waals surface area contributed by atoms with Crippen molar-refractivity contribution in [3.8, 4) is 0 Å². The summed E-state index contributed by atoms with van der Waals surface area (Å²) in [6.07, 6.45) is 4.64. The molecule has 0 aromatic carbocycles. The molecule has 72 valence electrons. The predicted molar refractivity (Wildman–Crippen MR) is 49.4 cm³/mol. The zero-order chi connectivity index (χ0) is 9.42. The number of aliphatic carboxylic acids is 1. The van der Waals surface area contributed by atoms with E-state index in [1.165, 1.54) is 0 Å². The lowest BCUT2D eigenvalue weighted by Gasteiger charge is -2.41. The molecule has 1 heterocycles. The van der Waals surface area contributed by atoms with Crippen LogP contribution in [-0.2, 0) is 4.79 Å². The van der Waals surface area contributed by atoms with Gasteiger partial charge in [-0.15, -0.1) is 0 Å². The summed E-state index contributed by atoms with van der Waals surface area (Å²) in [4.78, 5) is 13.0. The monoisotopic (exact) mass is 181 g/mol. The Balaban J connectivity index is 1.86. The van der Waals surface area contributed by atoms with Crippen molar-refractivity contribution >= 4 is 5.97 Å². The first-order valence-electron chi connectivity index (χ1n) is 4.82. The number of hydrogen-bond donors (Lipinski definition) is 1. The molecule has 3 heteroatoms. The molecule has 2 aliphatic rings. The van der Waals surface area contributed by atoms with Crippen LogP contribution in [0.2, 0.25) is 0 Å². The Labute approximate surface area is 78.0 Å². The number of carboxylic acid groups (broad SMARTS) is 1. The van der Waals surface area contributed by atoms with Crippen LogP contribution in [0.5, 0.6) is 0 Å². The Morgan fingerprint density at radius 3 is 2.62 bits per heavy atom. The van der Waals surface area contributed by atoms with Gasteiger partial charge in [-0.3, -0.25) is 9.69 Å². The summed E-state index contributed by atoms with van der Waals surface area (Å²) in [5.41, 5.74) is 0. The van der Waals surface area contributed by atoms with Crippen LogP contribution in [0.15, 0.2) is 12.2 Å². The van der Waals surface area contributed by atoms with Crippen molar-refractivity contribution in [2.45, 2.75) is 19.4 Å². The molecule has 0 aromatic rings. The number of likely N-dealkylation sites (tertiary alicyclic amines) is 1. The lowest BCUT2D eigenvalue weighted by molar-refractivity contribution is -0.140. The van der Waals surface area contributed by atoms with Crippen LogP contribution in [0.25, 0.3) is 0 Å².